The average molecular weight is 174 g/mol. The molecular weight excluding hydrogens is 156 g/mol. The van der Waals surface area contributed by atoms with E-state index < -0.39 is 0 Å². The molecule has 13 heavy (non-hydrogen) atoms. The first kappa shape index (κ1) is 10.0. The molecule has 0 aromatic heterocycles. The van der Waals surface area contributed by atoms with Crippen LogP contribution in [0.2, 0.25) is 0 Å². The van der Waals surface area contributed by atoms with Gasteiger partial charge in [-0.3, -0.25) is 0 Å². The van der Waals surface area contributed by atoms with Crippen molar-refractivity contribution in [3.63, 3.8) is 0 Å². The largest absolute Gasteiger partial charge is 0.102 e. The smallest absolute Gasteiger partial charge is 0.00153 e. The Hall–Kier alpha value is -1.04. The van der Waals surface area contributed by atoms with Gasteiger partial charge in [0.1, 0.15) is 0 Å². The summed E-state index contributed by atoms with van der Waals surface area (Å²) in [6.07, 6.45) is 3.18. The fourth-order valence-electron chi connectivity index (χ4n) is 1.69. The van der Waals surface area contributed by atoms with Gasteiger partial charge in [-0.15, -0.1) is 6.58 Å². The second-order valence-corrected chi connectivity index (χ2v) is 3.54. The molecule has 1 atom stereocenters. The molecule has 0 heterocycles. The van der Waals surface area contributed by atoms with Crippen molar-refractivity contribution >= 4 is 0 Å². The van der Waals surface area contributed by atoms with Crippen LogP contribution in [-0.4, -0.2) is 0 Å². The molecule has 0 N–H and O–H groups in total. The highest BCUT2D eigenvalue weighted by Crippen LogP contribution is 2.25. The van der Waals surface area contributed by atoms with Crippen LogP contribution in [0.4, 0.5) is 0 Å². The first-order chi connectivity index (χ1) is 6.20. The highest BCUT2D eigenvalue weighted by atomic mass is 14.1. The number of aryl methyl sites for hydroxylation is 1. The van der Waals surface area contributed by atoms with Crippen molar-refractivity contribution in [3.8, 4) is 0 Å². The minimum Gasteiger partial charge on any atom is -0.102 e. The van der Waals surface area contributed by atoms with Gasteiger partial charge in [-0.25, -0.2) is 0 Å². The van der Waals surface area contributed by atoms with E-state index >= 15 is 0 Å². The van der Waals surface area contributed by atoms with Crippen molar-refractivity contribution in [2.45, 2.75) is 33.1 Å². The normalized spacial score (nSPS) is 12.5. The summed E-state index contributed by atoms with van der Waals surface area (Å²) >= 11 is 0. The third-order valence-corrected chi connectivity index (χ3v) is 2.77. The van der Waals surface area contributed by atoms with Gasteiger partial charge < -0.3 is 0 Å². The van der Waals surface area contributed by atoms with Gasteiger partial charge in [0.25, 0.3) is 0 Å². The highest BCUT2D eigenvalue weighted by molar-refractivity contribution is 5.37. The Labute approximate surface area is 81.3 Å². The Kier molecular flexibility index (Phi) is 3.30. The number of hydrogen-bond acceptors (Lipinski definition) is 0. The van der Waals surface area contributed by atoms with Crippen LogP contribution in [0.15, 0.2) is 30.9 Å². The third-order valence-electron chi connectivity index (χ3n) is 2.77. The molecule has 0 radical (unpaired) electrons. The zero-order chi connectivity index (χ0) is 9.84. The summed E-state index contributed by atoms with van der Waals surface area (Å²) in [5.41, 5.74) is 4.21. The molecule has 0 saturated carbocycles. The first-order valence-electron chi connectivity index (χ1n) is 4.89. The van der Waals surface area contributed by atoms with Gasteiger partial charge in [-0.2, -0.15) is 0 Å². The summed E-state index contributed by atoms with van der Waals surface area (Å²) in [6.45, 7) is 10.4. The van der Waals surface area contributed by atoms with E-state index in [1.54, 1.807) is 0 Å². The van der Waals surface area contributed by atoms with Crippen molar-refractivity contribution in [2.24, 2.45) is 0 Å². The Morgan fingerprint density at radius 2 is 2.08 bits per heavy atom. The van der Waals surface area contributed by atoms with Gasteiger partial charge in [0.15, 0.2) is 0 Å². The van der Waals surface area contributed by atoms with E-state index in [0.29, 0.717) is 5.92 Å². The Morgan fingerprint density at radius 1 is 1.38 bits per heavy atom. The van der Waals surface area contributed by atoms with Gasteiger partial charge in [0, 0.05) is 5.92 Å². The van der Waals surface area contributed by atoms with Gasteiger partial charge in [-0.05, 0) is 37.0 Å². The summed E-state index contributed by atoms with van der Waals surface area (Å²) in [4.78, 5) is 0. The summed E-state index contributed by atoms with van der Waals surface area (Å²) in [7, 11) is 0. The summed E-state index contributed by atoms with van der Waals surface area (Å²) in [5.74, 6) is 0.514. The van der Waals surface area contributed by atoms with Crippen LogP contribution in [0.5, 0.6) is 0 Å². The van der Waals surface area contributed by atoms with Crippen LogP contribution in [0, 0.1) is 13.8 Å². The molecule has 1 aromatic carbocycles. The number of allylic oxidation sites excluding steroid dienone is 1. The summed E-state index contributed by atoms with van der Waals surface area (Å²) in [6, 6.07) is 6.50. The van der Waals surface area contributed by atoms with Crippen LogP contribution in [0.1, 0.15) is 36.0 Å². The van der Waals surface area contributed by atoms with Crippen LogP contribution in [0.25, 0.3) is 0 Å². The quantitative estimate of drug-likeness (QED) is 0.608. The molecule has 1 aromatic rings. The number of hydrogen-bond donors (Lipinski definition) is 0. The third kappa shape index (κ3) is 2.00. The maximum absolute atomic E-state index is 3.88. The predicted octanol–water partition coefficient (Wildman–Crippen LogP) is 3.98. The van der Waals surface area contributed by atoms with E-state index in [1.807, 2.05) is 6.08 Å². The lowest BCUT2D eigenvalue weighted by molar-refractivity contribution is 0.799. The van der Waals surface area contributed by atoms with Gasteiger partial charge >= 0.3 is 0 Å². The van der Waals surface area contributed by atoms with Crippen molar-refractivity contribution in [3.05, 3.63) is 47.5 Å². The number of rotatable bonds is 3. The first-order valence-corrected chi connectivity index (χ1v) is 4.89. The minimum absolute atomic E-state index is 0.514. The molecule has 1 rings (SSSR count). The van der Waals surface area contributed by atoms with E-state index in [0.717, 1.165) is 6.42 Å². The molecule has 0 aliphatic carbocycles. The van der Waals surface area contributed by atoms with Crippen LogP contribution in [-0.2, 0) is 0 Å². The highest BCUT2D eigenvalue weighted by Gasteiger charge is 2.08. The molecule has 0 aliphatic rings. The Morgan fingerprint density at radius 3 is 2.62 bits per heavy atom. The van der Waals surface area contributed by atoms with Gasteiger partial charge in [-0.1, -0.05) is 31.2 Å². The molecule has 0 nitrogen and oxygen atoms in total. The SMILES string of the molecule is C=CC(CC)c1cccc(C)c1C. The fourth-order valence-corrected chi connectivity index (χ4v) is 1.69. The predicted molar refractivity (Wildman–Crippen MR) is 59.1 cm³/mol. The average Bonchev–Trinajstić information content (AvgIpc) is 2.14. The molecule has 0 spiro atoms. The molecule has 0 amide bonds. The van der Waals surface area contributed by atoms with E-state index in [-0.39, 0.29) is 0 Å². The van der Waals surface area contributed by atoms with Crippen molar-refractivity contribution < 1.29 is 0 Å². The lowest BCUT2D eigenvalue weighted by Gasteiger charge is -2.14. The zero-order valence-electron chi connectivity index (χ0n) is 8.80. The Balaban J connectivity index is 3.13. The maximum Gasteiger partial charge on any atom is 0.00153 e. The maximum atomic E-state index is 3.88. The molecule has 70 valence electrons. The molecule has 0 heteroatoms. The fraction of sp³-hybridized carbons (Fsp3) is 0.385. The standard InChI is InChI=1S/C13H18/c1-5-12(6-2)13-9-7-8-10(3)11(13)4/h5,7-9,12H,1,6H2,2-4H3. The van der Waals surface area contributed by atoms with Crippen LogP contribution in [0.3, 0.4) is 0 Å². The second kappa shape index (κ2) is 4.27. The Bertz CT molecular complexity index is 297. The van der Waals surface area contributed by atoms with Crippen LogP contribution < -0.4 is 0 Å². The molecule has 0 saturated heterocycles. The lowest BCUT2D eigenvalue weighted by atomic mass is 9.91. The van der Waals surface area contributed by atoms with Crippen LogP contribution >= 0.6 is 0 Å². The molecule has 0 bridgehead atoms. The lowest BCUT2D eigenvalue weighted by Crippen LogP contribution is -1.97. The van der Waals surface area contributed by atoms with Gasteiger partial charge in [0.05, 0.1) is 0 Å². The van der Waals surface area contributed by atoms with E-state index in [9.17, 15) is 0 Å². The molecular formula is C13H18. The molecule has 0 fully saturated rings. The van der Waals surface area contributed by atoms with E-state index in [4.69, 9.17) is 0 Å². The van der Waals surface area contributed by atoms with E-state index in [2.05, 4.69) is 45.5 Å². The molecule has 0 aliphatic heterocycles. The van der Waals surface area contributed by atoms with Crippen molar-refractivity contribution in [2.75, 3.05) is 0 Å². The number of benzene rings is 1. The van der Waals surface area contributed by atoms with Crippen molar-refractivity contribution in [1.82, 2.24) is 0 Å². The van der Waals surface area contributed by atoms with E-state index in [1.165, 1.54) is 16.7 Å². The summed E-state index contributed by atoms with van der Waals surface area (Å²) in [5, 5.41) is 0. The topological polar surface area (TPSA) is 0 Å². The monoisotopic (exact) mass is 174 g/mol. The summed E-state index contributed by atoms with van der Waals surface area (Å²) < 4.78 is 0. The van der Waals surface area contributed by atoms with Crippen molar-refractivity contribution in [1.29, 1.82) is 0 Å². The zero-order valence-corrected chi connectivity index (χ0v) is 8.80. The minimum atomic E-state index is 0.514. The molecule has 1 unspecified atom stereocenters. The van der Waals surface area contributed by atoms with Gasteiger partial charge in [0.2, 0.25) is 0 Å². The second-order valence-electron chi connectivity index (χ2n) is 3.54.